The molecule has 1 aromatic carbocycles. The minimum absolute atomic E-state index is 0.282. The van der Waals surface area contributed by atoms with Crippen LogP contribution in [0.1, 0.15) is 26.6 Å². The number of benzene rings is 1. The van der Waals surface area contributed by atoms with Gasteiger partial charge in [-0.2, -0.15) is 0 Å². The predicted octanol–water partition coefficient (Wildman–Crippen LogP) is 3.10. The summed E-state index contributed by atoms with van der Waals surface area (Å²) in [6, 6.07) is 9.47. The Hall–Kier alpha value is -2.02. The fourth-order valence-corrected chi connectivity index (χ4v) is 2.08. The van der Waals surface area contributed by atoms with Gasteiger partial charge >= 0.3 is 5.30 Å². The average Bonchev–Trinajstić information content (AvgIpc) is 2.45. The third-order valence-corrected chi connectivity index (χ3v) is 2.98. The molecule has 0 N–H and O–H groups in total. The van der Waals surface area contributed by atoms with E-state index in [9.17, 15) is 4.79 Å². The minimum Gasteiger partial charge on any atom is -0.452 e. The van der Waals surface area contributed by atoms with Crippen LogP contribution in [-0.4, -0.2) is 31.3 Å². The molecular formula is C14H16N4O2S. The second kappa shape index (κ2) is 6.62. The molecule has 0 aliphatic rings. The maximum absolute atomic E-state index is 11.6. The number of carbonyl (C=O) groups is 1. The van der Waals surface area contributed by atoms with Gasteiger partial charge in [0.1, 0.15) is 5.60 Å². The van der Waals surface area contributed by atoms with Gasteiger partial charge in [0, 0.05) is 5.56 Å². The molecule has 110 valence electrons. The van der Waals surface area contributed by atoms with Crippen molar-refractivity contribution in [2.45, 2.75) is 32.1 Å². The molecule has 0 fully saturated rings. The molecule has 0 radical (unpaired) electrons. The van der Waals surface area contributed by atoms with Gasteiger partial charge in [-0.1, -0.05) is 30.3 Å². The fraction of sp³-hybridized carbons (Fsp3) is 0.357. The summed E-state index contributed by atoms with van der Waals surface area (Å²) in [5.41, 5.74) is 0.349. The van der Waals surface area contributed by atoms with Crippen LogP contribution in [0.4, 0.5) is 4.79 Å². The van der Waals surface area contributed by atoms with Crippen molar-refractivity contribution in [1.29, 1.82) is 0 Å². The zero-order valence-electron chi connectivity index (χ0n) is 12.1. The van der Waals surface area contributed by atoms with Crippen molar-refractivity contribution < 1.29 is 9.53 Å². The topological polar surface area (TPSA) is 77.9 Å². The molecule has 2 rings (SSSR count). The second-order valence-corrected chi connectivity index (χ2v) is 6.17. The van der Waals surface area contributed by atoms with Crippen LogP contribution in [0.15, 0.2) is 30.3 Å². The highest BCUT2D eigenvalue weighted by molar-refractivity contribution is 8.12. The van der Waals surface area contributed by atoms with Gasteiger partial charge in [0.25, 0.3) is 0 Å². The maximum atomic E-state index is 11.6. The van der Waals surface area contributed by atoms with E-state index in [0.29, 0.717) is 11.6 Å². The Bertz CT molecular complexity index is 597. The van der Waals surface area contributed by atoms with Crippen LogP contribution in [0.3, 0.4) is 0 Å². The summed E-state index contributed by atoms with van der Waals surface area (Å²) >= 11 is 0.992. The summed E-state index contributed by atoms with van der Waals surface area (Å²) in [7, 11) is 0. The Labute approximate surface area is 127 Å². The predicted molar refractivity (Wildman–Crippen MR) is 80.6 cm³/mol. The smallest absolute Gasteiger partial charge is 0.368 e. The van der Waals surface area contributed by atoms with Crippen LogP contribution in [0.5, 0.6) is 0 Å². The van der Waals surface area contributed by atoms with E-state index in [1.807, 2.05) is 51.1 Å². The number of hydrogen-bond donors (Lipinski definition) is 0. The molecule has 0 unspecified atom stereocenters. The molecule has 0 aliphatic carbocycles. The van der Waals surface area contributed by atoms with Gasteiger partial charge in [0.15, 0.2) is 5.82 Å². The van der Waals surface area contributed by atoms with Crippen molar-refractivity contribution in [1.82, 2.24) is 20.4 Å². The monoisotopic (exact) mass is 304 g/mol. The lowest BCUT2D eigenvalue weighted by Gasteiger charge is -2.18. The molecule has 7 heteroatoms. The molecule has 0 aliphatic heterocycles. The van der Waals surface area contributed by atoms with Crippen LogP contribution in [0.25, 0.3) is 11.4 Å². The van der Waals surface area contributed by atoms with Crippen LogP contribution in [0.2, 0.25) is 0 Å². The van der Waals surface area contributed by atoms with E-state index in [0.717, 1.165) is 17.3 Å². The van der Waals surface area contributed by atoms with Crippen molar-refractivity contribution in [3.05, 3.63) is 36.2 Å². The van der Waals surface area contributed by atoms with Crippen molar-refractivity contribution in [3.8, 4) is 11.4 Å². The SMILES string of the molecule is CC(C)(C)OC(=O)SCc1nnc(-c2ccccc2)nn1. The number of thioether (sulfide) groups is 1. The standard InChI is InChI=1S/C14H16N4O2S/c1-14(2,3)20-13(19)21-9-11-15-17-12(18-16-11)10-7-5-4-6-8-10/h4-8H,9H2,1-3H3. The lowest BCUT2D eigenvalue weighted by atomic mass is 10.2. The summed E-state index contributed by atoms with van der Waals surface area (Å²) in [6.45, 7) is 5.46. The number of hydrogen-bond acceptors (Lipinski definition) is 7. The summed E-state index contributed by atoms with van der Waals surface area (Å²) < 4.78 is 5.18. The van der Waals surface area contributed by atoms with Gasteiger partial charge in [-0.15, -0.1) is 20.4 Å². The number of aromatic nitrogens is 4. The molecule has 0 bridgehead atoms. The van der Waals surface area contributed by atoms with Crippen molar-refractivity contribution in [3.63, 3.8) is 0 Å². The van der Waals surface area contributed by atoms with E-state index in [1.54, 1.807) is 0 Å². The van der Waals surface area contributed by atoms with Gasteiger partial charge in [-0.3, -0.25) is 0 Å². The molecule has 6 nitrogen and oxygen atoms in total. The molecule has 0 saturated carbocycles. The normalized spacial score (nSPS) is 11.2. The molecule has 0 amide bonds. The van der Waals surface area contributed by atoms with Crippen molar-refractivity contribution in [2.75, 3.05) is 0 Å². The molecule has 0 saturated heterocycles. The third-order valence-electron chi connectivity index (χ3n) is 2.26. The number of ether oxygens (including phenoxy) is 1. The van der Waals surface area contributed by atoms with E-state index < -0.39 is 5.60 Å². The van der Waals surface area contributed by atoms with E-state index >= 15 is 0 Å². The maximum Gasteiger partial charge on any atom is 0.368 e. The average molecular weight is 304 g/mol. The van der Waals surface area contributed by atoms with Crippen molar-refractivity contribution >= 4 is 17.1 Å². The third kappa shape index (κ3) is 5.11. The zero-order chi connectivity index (χ0) is 15.3. The quantitative estimate of drug-likeness (QED) is 0.806. The molecule has 1 aromatic heterocycles. The summed E-state index contributed by atoms with van der Waals surface area (Å²) in [5, 5.41) is 15.6. The Morgan fingerprint density at radius 2 is 1.71 bits per heavy atom. The largest absolute Gasteiger partial charge is 0.452 e. The van der Waals surface area contributed by atoms with Crippen LogP contribution in [0, 0.1) is 0 Å². The van der Waals surface area contributed by atoms with Gasteiger partial charge in [0.05, 0.1) is 5.75 Å². The molecule has 0 spiro atoms. The van der Waals surface area contributed by atoms with Gasteiger partial charge in [0.2, 0.25) is 5.82 Å². The summed E-state index contributed by atoms with van der Waals surface area (Å²) in [4.78, 5) is 11.6. The van der Waals surface area contributed by atoms with Gasteiger partial charge in [-0.25, -0.2) is 4.79 Å². The molecule has 2 aromatic rings. The van der Waals surface area contributed by atoms with Crippen LogP contribution < -0.4 is 0 Å². The summed E-state index contributed by atoms with van der Waals surface area (Å²) in [6.07, 6.45) is 0. The van der Waals surface area contributed by atoms with Crippen LogP contribution in [-0.2, 0) is 10.5 Å². The zero-order valence-corrected chi connectivity index (χ0v) is 12.9. The fourth-order valence-electron chi connectivity index (χ4n) is 1.41. The highest BCUT2D eigenvalue weighted by Gasteiger charge is 2.17. The van der Waals surface area contributed by atoms with E-state index in [2.05, 4.69) is 20.4 Å². The number of rotatable bonds is 3. The highest BCUT2D eigenvalue weighted by Crippen LogP contribution is 2.17. The van der Waals surface area contributed by atoms with E-state index in [-0.39, 0.29) is 11.1 Å². The van der Waals surface area contributed by atoms with Gasteiger partial charge in [-0.05, 0) is 32.5 Å². The molecule has 21 heavy (non-hydrogen) atoms. The summed E-state index contributed by atoms with van der Waals surface area (Å²) in [5.74, 6) is 1.14. The second-order valence-electron chi connectivity index (χ2n) is 5.26. The number of nitrogens with zero attached hydrogens (tertiary/aromatic N) is 4. The molecule has 1 heterocycles. The van der Waals surface area contributed by atoms with Crippen molar-refractivity contribution in [2.24, 2.45) is 0 Å². The number of carbonyl (C=O) groups excluding carboxylic acids is 1. The first kappa shape index (κ1) is 15.4. The Balaban J connectivity index is 1.93. The Morgan fingerprint density at radius 3 is 2.29 bits per heavy atom. The van der Waals surface area contributed by atoms with E-state index in [1.165, 1.54) is 0 Å². The first-order valence-electron chi connectivity index (χ1n) is 6.41. The Kier molecular flexibility index (Phi) is 4.85. The lowest BCUT2D eigenvalue weighted by Crippen LogP contribution is -2.21. The lowest BCUT2D eigenvalue weighted by molar-refractivity contribution is 0.0737. The Morgan fingerprint density at radius 1 is 1.10 bits per heavy atom. The first-order valence-corrected chi connectivity index (χ1v) is 7.40. The van der Waals surface area contributed by atoms with E-state index in [4.69, 9.17) is 4.74 Å². The molecular weight excluding hydrogens is 288 g/mol. The highest BCUT2D eigenvalue weighted by atomic mass is 32.2. The molecule has 0 atom stereocenters. The van der Waals surface area contributed by atoms with Gasteiger partial charge < -0.3 is 4.74 Å². The first-order chi connectivity index (χ1) is 9.94. The minimum atomic E-state index is -0.501. The van der Waals surface area contributed by atoms with Crippen LogP contribution >= 0.6 is 11.8 Å².